The average molecular weight is 186 g/mol. The van der Waals surface area contributed by atoms with Gasteiger partial charge in [-0.25, -0.2) is 0 Å². The van der Waals surface area contributed by atoms with E-state index in [4.69, 9.17) is 0 Å². The van der Waals surface area contributed by atoms with Gasteiger partial charge in [-0.3, -0.25) is 9.79 Å². The second-order valence-corrected chi connectivity index (χ2v) is 2.66. The highest BCUT2D eigenvalue weighted by Gasteiger charge is 2.10. The molecule has 0 rings (SSSR count). The van der Waals surface area contributed by atoms with Gasteiger partial charge in [0, 0.05) is 20.6 Å². The van der Waals surface area contributed by atoms with E-state index in [1.165, 1.54) is 0 Å². The van der Waals surface area contributed by atoms with Crippen molar-refractivity contribution in [2.24, 2.45) is 4.99 Å². The topological polar surface area (TPSA) is 65.5 Å². The zero-order valence-electron chi connectivity index (χ0n) is 8.64. The Morgan fingerprint density at radius 1 is 1.46 bits per heavy atom. The van der Waals surface area contributed by atoms with E-state index in [1.54, 1.807) is 28.1 Å². The third-order valence-electron chi connectivity index (χ3n) is 1.77. The number of aliphatic imine (C=N–C) groups is 1. The highest BCUT2D eigenvalue weighted by Crippen LogP contribution is 1.82. The molecule has 0 aliphatic heterocycles. The maximum atomic E-state index is 11.0. The van der Waals surface area contributed by atoms with Crippen molar-refractivity contribution in [2.75, 3.05) is 27.7 Å². The van der Waals surface area contributed by atoms with Gasteiger partial charge in [-0.05, 0) is 14.0 Å². The summed E-state index contributed by atoms with van der Waals surface area (Å²) in [5.74, 6) is 0.794. The SMILES string of the molecule is CN=C(NC)NCC(NC)C(C)=O. The Kier molecular flexibility index (Phi) is 5.88. The van der Waals surface area contributed by atoms with Gasteiger partial charge in [-0.2, -0.15) is 0 Å². The molecule has 0 spiro atoms. The van der Waals surface area contributed by atoms with E-state index in [0.29, 0.717) is 12.5 Å². The number of carbonyl (C=O) groups excluding carboxylic acids is 1. The molecule has 0 heterocycles. The fourth-order valence-electron chi connectivity index (χ4n) is 0.927. The number of carbonyl (C=O) groups is 1. The Balaban J connectivity index is 3.91. The fourth-order valence-corrected chi connectivity index (χ4v) is 0.927. The van der Waals surface area contributed by atoms with Gasteiger partial charge in [0.25, 0.3) is 0 Å². The Labute approximate surface area is 79.0 Å². The molecular formula is C8H18N4O. The normalized spacial score (nSPS) is 13.7. The molecule has 0 amide bonds. The first-order chi connectivity index (χ1) is 6.15. The van der Waals surface area contributed by atoms with E-state index >= 15 is 0 Å². The lowest BCUT2D eigenvalue weighted by atomic mass is 10.2. The molecule has 0 aromatic heterocycles. The summed E-state index contributed by atoms with van der Waals surface area (Å²) >= 11 is 0. The molecule has 76 valence electrons. The van der Waals surface area contributed by atoms with Crippen LogP contribution in [0, 0.1) is 0 Å². The Morgan fingerprint density at radius 2 is 2.08 bits per heavy atom. The lowest BCUT2D eigenvalue weighted by Crippen LogP contribution is -2.46. The molecule has 5 heteroatoms. The zero-order chi connectivity index (χ0) is 10.3. The first kappa shape index (κ1) is 11.9. The third-order valence-corrected chi connectivity index (χ3v) is 1.77. The molecule has 0 saturated carbocycles. The Hall–Kier alpha value is -1.10. The van der Waals surface area contributed by atoms with E-state index in [1.807, 2.05) is 0 Å². The number of hydrogen-bond donors (Lipinski definition) is 3. The van der Waals surface area contributed by atoms with E-state index in [2.05, 4.69) is 20.9 Å². The highest BCUT2D eigenvalue weighted by atomic mass is 16.1. The van der Waals surface area contributed by atoms with Crippen LogP contribution in [0.15, 0.2) is 4.99 Å². The minimum absolute atomic E-state index is 0.113. The molecule has 1 unspecified atom stereocenters. The summed E-state index contributed by atoms with van der Waals surface area (Å²) < 4.78 is 0. The number of hydrogen-bond acceptors (Lipinski definition) is 3. The Morgan fingerprint density at radius 3 is 2.38 bits per heavy atom. The summed E-state index contributed by atoms with van der Waals surface area (Å²) in [7, 11) is 5.22. The number of ketones is 1. The lowest BCUT2D eigenvalue weighted by molar-refractivity contribution is -0.118. The van der Waals surface area contributed by atoms with Crippen LogP contribution >= 0.6 is 0 Å². The maximum Gasteiger partial charge on any atom is 0.190 e. The minimum Gasteiger partial charge on any atom is -0.359 e. The van der Waals surface area contributed by atoms with Crippen LogP contribution in [0.3, 0.4) is 0 Å². The summed E-state index contributed by atoms with van der Waals surface area (Å²) in [6, 6.07) is -0.162. The Bertz CT molecular complexity index is 191. The van der Waals surface area contributed by atoms with E-state index in [0.717, 1.165) is 0 Å². The van der Waals surface area contributed by atoms with Gasteiger partial charge in [-0.1, -0.05) is 0 Å². The first-order valence-corrected chi connectivity index (χ1v) is 4.21. The molecule has 0 aliphatic carbocycles. The van der Waals surface area contributed by atoms with Crippen molar-refractivity contribution in [1.29, 1.82) is 0 Å². The smallest absolute Gasteiger partial charge is 0.190 e. The average Bonchev–Trinajstić information content (AvgIpc) is 2.12. The maximum absolute atomic E-state index is 11.0. The van der Waals surface area contributed by atoms with Crippen LogP contribution in [0.4, 0.5) is 0 Å². The number of nitrogens with one attached hydrogen (secondary N) is 3. The van der Waals surface area contributed by atoms with Crippen molar-refractivity contribution < 1.29 is 4.79 Å². The molecule has 0 aromatic rings. The summed E-state index contributed by atoms with van der Waals surface area (Å²) in [5, 5.41) is 8.79. The van der Waals surface area contributed by atoms with Crippen LogP contribution in [-0.2, 0) is 4.79 Å². The second-order valence-electron chi connectivity index (χ2n) is 2.66. The lowest BCUT2D eigenvalue weighted by Gasteiger charge is -2.15. The highest BCUT2D eigenvalue weighted by molar-refractivity contribution is 5.83. The van der Waals surface area contributed by atoms with E-state index in [-0.39, 0.29) is 11.8 Å². The van der Waals surface area contributed by atoms with Gasteiger partial charge in [0.05, 0.1) is 6.04 Å². The van der Waals surface area contributed by atoms with Gasteiger partial charge >= 0.3 is 0 Å². The molecular weight excluding hydrogens is 168 g/mol. The van der Waals surface area contributed by atoms with Crippen molar-refractivity contribution in [3.63, 3.8) is 0 Å². The molecule has 3 N–H and O–H groups in total. The summed E-state index contributed by atoms with van der Waals surface area (Å²) in [5.41, 5.74) is 0. The van der Waals surface area contributed by atoms with Gasteiger partial charge < -0.3 is 16.0 Å². The van der Waals surface area contributed by atoms with Crippen LogP contribution in [0.2, 0.25) is 0 Å². The minimum atomic E-state index is -0.162. The molecule has 13 heavy (non-hydrogen) atoms. The zero-order valence-corrected chi connectivity index (χ0v) is 8.64. The van der Waals surface area contributed by atoms with Crippen molar-refractivity contribution in [2.45, 2.75) is 13.0 Å². The number of likely N-dealkylation sites (N-methyl/N-ethyl adjacent to an activating group) is 1. The van der Waals surface area contributed by atoms with Crippen molar-refractivity contribution in [3.8, 4) is 0 Å². The monoisotopic (exact) mass is 186 g/mol. The molecule has 0 aromatic carbocycles. The van der Waals surface area contributed by atoms with Gasteiger partial charge in [-0.15, -0.1) is 0 Å². The third kappa shape index (κ3) is 4.47. The van der Waals surface area contributed by atoms with Gasteiger partial charge in [0.2, 0.25) is 0 Å². The number of guanidine groups is 1. The molecule has 0 fully saturated rings. The first-order valence-electron chi connectivity index (χ1n) is 4.21. The quantitative estimate of drug-likeness (QED) is 0.387. The van der Waals surface area contributed by atoms with Crippen molar-refractivity contribution in [1.82, 2.24) is 16.0 Å². The van der Waals surface area contributed by atoms with Gasteiger partial charge in [0.15, 0.2) is 5.96 Å². The second kappa shape index (κ2) is 6.42. The van der Waals surface area contributed by atoms with Gasteiger partial charge in [0.1, 0.15) is 5.78 Å². The van der Waals surface area contributed by atoms with Crippen LogP contribution in [-0.4, -0.2) is 45.5 Å². The number of rotatable bonds is 4. The summed E-state index contributed by atoms with van der Waals surface area (Å²) in [4.78, 5) is 14.9. The molecule has 0 aliphatic rings. The predicted octanol–water partition coefficient (Wildman–Crippen LogP) is -1.04. The molecule has 5 nitrogen and oxygen atoms in total. The molecule has 1 atom stereocenters. The van der Waals surface area contributed by atoms with Crippen LogP contribution in [0.25, 0.3) is 0 Å². The van der Waals surface area contributed by atoms with Crippen molar-refractivity contribution >= 4 is 11.7 Å². The van der Waals surface area contributed by atoms with E-state index in [9.17, 15) is 4.79 Å². The fraction of sp³-hybridized carbons (Fsp3) is 0.750. The van der Waals surface area contributed by atoms with E-state index < -0.39 is 0 Å². The van der Waals surface area contributed by atoms with Crippen molar-refractivity contribution in [3.05, 3.63) is 0 Å². The summed E-state index contributed by atoms with van der Waals surface area (Å²) in [6.45, 7) is 2.10. The molecule has 0 bridgehead atoms. The molecule has 0 saturated heterocycles. The van der Waals surface area contributed by atoms with Crippen LogP contribution in [0.5, 0.6) is 0 Å². The molecule has 0 radical (unpaired) electrons. The number of Topliss-reactive ketones (excluding diaryl/α,β-unsaturated/α-hetero) is 1. The van der Waals surface area contributed by atoms with Crippen LogP contribution < -0.4 is 16.0 Å². The predicted molar refractivity (Wildman–Crippen MR) is 54.0 cm³/mol. The standard InChI is InChI=1S/C8H18N4O/c1-6(13)7(9-2)5-12-8(10-3)11-4/h7,9H,5H2,1-4H3,(H2,10,11,12). The number of nitrogens with zero attached hydrogens (tertiary/aromatic N) is 1. The largest absolute Gasteiger partial charge is 0.359 e. The van der Waals surface area contributed by atoms with Crippen LogP contribution in [0.1, 0.15) is 6.92 Å². The summed E-state index contributed by atoms with van der Waals surface area (Å²) in [6.07, 6.45) is 0.